The zero-order valence-electron chi connectivity index (χ0n) is 18.1. The summed E-state index contributed by atoms with van der Waals surface area (Å²) in [6.07, 6.45) is -1.47. The van der Waals surface area contributed by atoms with Crippen molar-refractivity contribution in [3.63, 3.8) is 0 Å². The first-order valence-electron chi connectivity index (χ1n) is 10.8. The Labute approximate surface area is 197 Å². The standard InChI is InChI=1S/C26H19F3N2O4/c27-26(28,29)17-8-10-18(11-9-17)35-21-3-1-2-20-22(21)19(14-30-20)23(32)31-25(12-13-25)16-6-4-15(5-7-16)24(33)34/h1-11,14,30H,12-13H2,(H,31,32)(H,33,34). The minimum atomic E-state index is -4.45. The number of carbonyl (C=O) groups excluding carboxylic acids is 1. The summed E-state index contributed by atoms with van der Waals surface area (Å²) in [5.41, 5.74) is 0.581. The molecule has 0 spiro atoms. The molecule has 0 saturated heterocycles. The van der Waals surface area contributed by atoms with E-state index in [0.717, 1.165) is 17.7 Å². The number of benzene rings is 3. The van der Waals surface area contributed by atoms with Crippen molar-refractivity contribution < 1.29 is 32.6 Å². The summed E-state index contributed by atoms with van der Waals surface area (Å²) < 4.78 is 44.4. The molecule has 1 aliphatic rings. The summed E-state index contributed by atoms with van der Waals surface area (Å²) in [4.78, 5) is 27.4. The van der Waals surface area contributed by atoms with Gasteiger partial charge in [-0.25, -0.2) is 4.79 Å². The highest BCUT2D eigenvalue weighted by atomic mass is 19.4. The summed E-state index contributed by atoms with van der Waals surface area (Å²) in [5.74, 6) is -0.844. The second-order valence-electron chi connectivity index (χ2n) is 8.42. The third kappa shape index (κ3) is 4.32. The van der Waals surface area contributed by atoms with E-state index in [1.54, 1.807) is 36.5 Å². The van der Waals surface area contributed by atoms with Crippen LogP contribution >= 0.6 is 0 Å². The number of alkyl halides is 3. The Balaban J connectivity index is 1.41. The molecule has 1 aliphatic carbocycles. The second kappa shape index (κ2) is 8.19. The number of carboxylic acid groups (broad SMARTS) is 1. The Morgan fingerprint density at radius 1 is 0.971 bits per heavy atom. The van der Waals surface area contributed by atoms with Crippen LogP contribution in [0, 0.1) is 0 Å². The van der Waals surface area contributed by atoms with Gasteiger partial charge in [-0.2, -0.15) is 13.2 Å². The highest BCUT2D eigenvalue weighted by Crippen LogP contribution is 2.46. The van der Waals surface area contributed by atoms with Gasteiger partial charge in [0.15, 0.2) is 0 Å². The second-order valence-corrected chi connectivity index (χ2v) is 8.42. The predicted octanol–water partition coefficient (Wildman–Crippen LogP) is 6.10. The molecule has 0 unspecified atom stereocenters. The molecule has 1 aromatic heterocycles. The lowest BCUT2D eigenvalue weighted by molar-refractivity contribution is -0.137. The van der Waals surface area contributed by atoms with E-state index in [1.165, 1.54) is 24.3 Å². The summed E-state index contributed by atoms with van der Waals surface area (Å²) >= 11 is 0. The van der Waals surface area contributed by atoms with Crippen molar-refractivity contribution in [1.82, 2.24) is 10.3 Å². The molecule has 6 nitrogen and oxygen atoms in total. The minimum Gasteiger partial charge on any atom is -0.478 e. The van der Waals surface area contributed by atoms with Gasteiger partial charge in [-0.15, -0.1) is 0 Å². The molecule has 5 rings (SSSR count). The fraction of sp³-hybridized carbons (Fsp3) is 0.154. The first-order chi connectivity index (χ1) is 16.7. The Bertz CT molecular complexity index is 1420. The fourth-order valence-electron chi connectivity index (χ4n) is 4.08. The first-order valence-corrected chi connectivity index (χ1v) is 10.8. The fourth-order valence-corrected chi connectivity index (χ4v) is 4.08. The van der Waals surface area contributed by atoms with E-state index in [1.807, 2.05) is 0 Å². The lowest BCUT2D eigenvalue weighted by Crippen LogP contribution is -2.34. The third-order valence-electron chi connectivity index (χ3n) is 6.11. The van der Waals surface area contributed by atoms with Crippen LogP contribution in [-0.4, -0.2) is 22.0 Å². The molecule has 1 amide bonds. The number of carbonyl (C=O) groups is 2. The number of hydrogen-bond acceptors (Lipinski definition) is 3. The molecule has 3 aromatic carbocycles. The van der Waals surface area contributed by atoms with Gasteiger partial charge < -0.3 is 20.1 Å². The number of halogens is 3. The van der Waals surface area contributed by atoms with E-state index < -0.39 is 23.2 Å². The van der Waals surface area contributed by atoms with Crippen LogP contribution in [0.5, 0.6) is 11.5 Å². The number of fused-ring (bicyclic) bond motifs is 1. The summed E-state index contributed by atoms with van der Waals surface area (Å²) in [6.45, 7) is 0. The molecular formula is C26H19F3N2O4. The van der Waals surface area contributed by atoms with E-state index in [9.17, 15) is 22.8 Å². The van der Waals surface area contributed by atoms with Gasteiger partial charge in [-0.1, -0.05) is 18.2 Å². The van der Waals surface area contributed by atoms with Gasteiger partial charge in [0.1, 0.15) is 11.5 Å². The maximum absolute atomic E-state index is 13.3. The Kier molecular flexibility index (Phi) is 5.27. The number of H-pyrrole nitrogens is 1. The SMILES string of the molecule is O=C(O)c1ccc(C2(NC(=O)c3c[nH]c4cccc(Oc5ccc(C(F)(F)F)cc5)c34)CC2)cc1. The number of amides is 1. The molecule has 0 atom stereocenters. The molecule has 35 heavy (non-hydrogen) atoms. The van der Waals surface area contributed by atoms with Gasteiger partial charge >= 0.3 is 12.1 Å². The molecule has 9 heteroatoms. The largest absolute Gasteiger partial charge is 0.478 e. The van der Waals surface area contributed by atoms with Crippen LogP contribution in [0.15, 0.2) is 72.9 Å². The zero-order valence-corrected chi connectivity index (χ0v) is 18.1. The third-order valence-corrected chi connectivity index (χ3v) is 6.11. The highest BCUT2D eigenvalue weighted by molar-refractivity contribution is 6.09. The first kappa shape index (κ1) is 22.5. The number of hydrogen-bond donors (Lipinski definition) is 3. The molecule has 1 heterocycles. The van der Waals surface area contributed by atoms with Crippen LogP contribution in [0.1, 0.15) is 44.7 Å². The molecule has 3 N–H and O–H groups in total. The molecule has 0 bridgehead atoms. The molecular weight excluding hydrogens is 461 g/mol. The Morgan fingerprint density at radius 2 is 1.66 bits per heavy atom. The van der Waals surface area contributed by atoms with Crippen LogP contribution in [0.3, 0.4) is 0 Å². The maximum atomic E-state index is 13.3. The highest BCUT2D eigenvalue weighted by Gasteiger charge is 2.46. The van der Waals surface area contributed by atoms with Crippen molar-refractivity contribution in [2.75, 3.05) is 0 Å². The number of ether oxygens (including phenoxy) is 1. The predicted molar refractivity (Wildman–Crippen MR) is 122 cm³/mol. The maximum Gasteiger partial charge on any atom is 0.416 e. The lowest BCUT2D eigenvalue weighted by Gasteiger charge is -2.18. The van der Waals surface area contributed by atoms with Crippen molar-refractivity contribution in [2.24, 2.45) is 0 Å². The van der Waals surface area contributed by atoms with Gasteiger partial charge in [-0.3, -0.25) is 4.79 Å². The number of carboxylic acids is 1. The topological polar surface area (TPSA) is 91.4 Å². The van der Waals surface area contributed by atoms with Crippen molar-refractivity contribution in [1.29, 1.82) is 0 Å². The molecule has 4 aromatic rings. The normalized spacial score (nSPS) is 14.5. The molecule has 1 fully saturated rings. The van der Waals surface area contributed by atoms with E-state index in [0.29, 0.717) is 35.1 Å². The summed E-state index contributed by atoms with van der Waals surface area (Å²) in [5, 5.41) is 12.7. The van der Waals surface area contributed by atoms with Crippen LogP contribution in [0.4, 0.5) is 13.2 Å². The van der Waals surface area contributed by atoms with Crippen molar-refractivity contribution in [2.45, 2.75) is 24.6 Å². The van der Waals surface area contributed by atoms with Crippen molar-refractivity contribution >= 4 is 22.8 Å². The average molecular weight is 480 g/mol. The number of nitrogens with one attached hydrogen (secondary N) is 2. The average Bonchev–Trinajstić information content (AvgIpc) is 3.47. The van der Waals surface area contributed by atoms with Crippen molar-refractivity contribution in [3.8, 4) is 11.5 Å². The number of rotatable bonds is 6. The number of aromatic carboxylic acids is 1. The molecule has 178 valence electrons. The van der Waals surface area contributed by atoms with Crippen LogP contribution < -0.4 is 10.1 Å². The van der Waals surface area contributed by atoms with E-state index >= 15 is 0 Å². The minimum absolute atomic E-state index is 0.164. The quantitative estimate of drug-likeness (QED) is 0.311. The Hall–Kier alpha value is -4.27. The van der Waals surface area contributed by atoms with Crippen LogP contribution in [-0.2, 0) is 11.7 Å². The summed E-state index contributed by atoms with van der Waals surface area (Å²) in [7, 11) is 0. The van der Waals surface area contributed by atoms with Crippen LogP contribution in [0.2, 0.25) is 0 Å². The smallest absolute Gasteiger partial charge is 0.416 e. The number of aromatic amines is 1. The Morgan fingerprint density at radius 3 is 2.26 bits per heavy atom. The zero-order chi connectivity index (χ0) is 24.8. The summed E-state index contributed by atoms with van der Waals surface area (Å²) in [6, 6.07) is 15.9. The van der Waals surface area contributed by atoms with Gasteiger partial charge in [0.2, 0.25) is 0 Å². The van der Waals surface area contributed by atoms with Crippen molar-refractivity contribution in [3.05, 3.63) is 95.2 Å². The number of aromatic nitrogens is 1. The van der Waals surface area contributed by atoms with Gasteiger partial charge in [0, 0.05) is 11.7 Å². The van der Waals surface area contributed by atoms with Gasteiger partial charge in [0.25, 0.3) is 5.91 Å². The van der Waals surface area contributed by atoms with Gasteiger partial charge in [0.05, 0.1) is 27.6 Å². The van der Waals surface area contributed by atoms with Gasteiger partial charge in [-0.05, 0) is 66.9 Å². The van der Waals surface area contributed by atoms with E-state index in [-0.39, 0.29) is 17.2 Å². The molecule has 0 radical (unpaired) electrons. The monoisotopic (exact) mass is 480 g/mol. The molecule has 0 aliphatic heterocycles. The lowest BCUT2D eigenvalue weighted by atomic mass is 10.0. The van der Waals surface area contributed by atoms with E-state index in [4.69, 9.17) is 9.84 Å². The van der Waals surface area contributed by atoms with E-state index in [2.05, 4.69) is 10.3 Å². The van der Waals surface area contributed by atoms with Crippen LogP contribution in [0.25, 0.3) is 10.9 Å². The molecule has 1 saturated carbocycles.